The molecule has 2 aromatic carbocycles. The van der Waals surface area contributed by atoms with Crippen molar-refractivity contribution in [3.05, 3.63) is 57.5 Å². The van der Waals surface area contributed by atoms with Crippen molar-refractivity contribution in [1.29, 1.82) is 0 Å². The SMILES string of the molecule is CC(C(=O)O)N(c1cc(Cl)ccc1Cl)S(=O)(=O)c1ccc(Cl)cc1. The van der Waals surface area contributed by atoms with Crippen molar-refractivity contribution in [1.82, 2.24) is 0 Å². The molecule has 2 aromatic rings. The Labute approximate surface area is 154 Å². The highest BCUT2D eigenvalue weighted by Gasteiger charge is 2.34. The van der Waals surface area contributed by atoms with E-state index in [1.807, 2.05) is 0 Å². The van der Waals surface area contributed by atoms with Gasteiger partial charge in [-0.2, -0.15) is 0 Å². The van der Waals surface area contributed by atoms with Crippen LogP contribution in [-0.4, -0.2) is 25.5 Å². The minimum Gasteiger partial charge on any atom is -0.480 e. The largest absolute Gasteiger partial charge is 0.480 e. The molecule has 0 aliphatic carbocycles. The summed E-state index contributed by atoms with van der Waals surface area (Å²) < 4.78 is 26.7. The Morgan fingerprint density at radius 1 is 1.04 bits per heavy atom. The van der Waals surface area contributed by atoms with Crippen LogP contribution in [0.1, 0.15) is 6.92 Å². The fraction of sp³-hybridized carbons (Fsp3) is 0.133. The van der Waals surface area contributed by atoms with Crippen LogP contribution in [-0.2, 0) is 14.8 Å². The zero-order valence-electron chi connectivity index (χ0n) is 12.3. The summed E-state index contributed by atoms with van der Waals surface area (Å²) in [5.74, 6) is -1.33. The Morgan fingerprint density at radius 3 is 2.12 bits per heavy atom. The van der Waals surface area contributed by atoms with Gasteiger partial charge in [0.15, 0.2) is 0 Å². The predicted octanol–water partition coefficient (Wildman–Crippen LogP) is 4.32. The lowest BCUT2D eigenvalue weighted by Gasteiger charge is -2.29. The van der Waals surface area contributed by atoms with E-state index in [0.29, 0.717) is 5.02 Å². The lowest BCUT2D eigenvalue weighted by Crippen LogP contribution is -2.43. The Balaban J connectivity index is 2.68. The van der Waals surface area contributed by atoms with Crippen molar-refractivity contribution in [3.8, 4) is 0 Å². The summed E-state index contributed by atoms with van der Waals surface area (Å²) in [6.45, 7) is 1.24. The molecule has 9 heteroatoms. The summed E-state index contributed by atoms with van der Waals surface area (Å²) >= 11 is 17.8. The maximum Gasteiger partial charge on any atom is 0.327 e. The van der Waals surface area contributed by atoms with Crippen molar-refractivity contribution >= 4 is 56.5 Å². The number of rotatable bonds is 5. The van der Waals surface area contributed by atoms with Gasteiger partial charge in [-0.1, -0.05) is 34.8 Å². The number of hydrogen-bond donors (Lipinski definition) is 1. The molecule has 1 atom stereocenters. The predicted molar refractivity (Wildman–Crippen MR) is 94.7 cm³/mol. The molecule has 0 aliphatic heterocycles. The highest BCUT2D eigenvalue weighted by Crippen LogP contribution is 2.34. The van der Waals surface area contributed by atoms with Crippen LogP contribution in [0.4, 0.5) is 5.69 Å². The van der Waals surface area contributed by atoms with Gasteiger partial charge in [0.25, 0.3) is 10.0 Å². The molecule has 128 valence electrons. The van der Waals surface area contributed by atoms with Gasteiger partial charge in [0, 0.05) is 10.0 Å². The van der Waals surface area contributed by atoms with E-state index in [4.69, 9.17) is 34.8 Å². The average molecular weight is 409 g/mol. The third-order valence-electron chi connectivity index (χ3n) is 3.23. The summed E-state index contributed by atoms with van der Waals surface area (Å²) in [5, 5.41) is 9.96. The number of carboxylic acid groups (broad SMARTS) is 1. The molecular formula is C15H12Cl3NO4S. The molecule has 1 N–H and O–H groups in total. The minimum absolute atomic E-state index is 0.0194. The molecule has 1 unspecified atom stereocenters. The van der Waals surface area contributed by atoms with Gasteiger partial charge in [-0.05, 0) is 49.4 Å². The standard InChI is InChI=1S/C15H12Cl3NO4S/c1-9(15(20)21)19(14-8-11(17)4-7-13(14)18)24(22,23)12-5-2-10(16)3-6-12/h2-9H,1H3,(H,20,21). The highest BCUT2D eigenvalue weighted by molar-refractivity contribution is 7.93. The van der Waals surface area contributed by atoms with E-state index < -0.39 is 22.0 Å². The Bertz CT molecular complexity index is 869. The fourth-order valence-corrected chi connectivity index (χ4v) is 4.20. The number of nitrogens with zero attached hydrogens (tertiary/aromatic N) is 1. The third-order valence-corrected chi connectivity index (χ3v) is 5.93. The van der Waals surface area contributed by atoms with Crippen LogP contribution in [0.25, 0.3) is 0 Å². The van der Waals surface area contributed by atoms with Crippen molar-refractivity contribution in [3.63, 3.8) is 0 Å². The van der Waals surface area contributed by atoms with Gasteiger partial charge < -0.3 is 5.11 Å². The summed E-state index contributed by atoms with van der Waals surface area (Å²) in [6.07, 6.45) is 0. The Hall–Kier alpha value is -1.47. The number of anilines is 1. The van der Waals surface area contributed by atoms with Gasteiger partial charge in [0.05, 0.1) is 15.6 Å². The molecule has 0 bridgehead atoms. The molecule has 0 fully saturated rings. The Morgan fingerprint density at radius 2 is 1.58 bits per heavy atom. The van der Waals surface area contributed by atoms with Crippen LogP contribution in [0.3, 0.4) is 0 Å². The van der Waals surface area contributed by atoms with Crippen LogP contribution < -0.4 is 4.31 Å². The van der Waals surface area contributed by atoms with Crippen LogP contribution >= 0.6 is 34.8 Å². The lowest BCUT2D eigenvalue weighted by molar-refractivity contribution is -0.137. The third kappa shape index (κ3) is 3.78. The number of carboxylic acids is 1. The van der Waals surface area contributed by atoms with Gasteiger partial charge in [0.1, 0.15) is 6.04 Å². The molecule has 24 heavy (non-hydrogen) atoms. The lowest BCUT2D eigenvalue weighted by atomic mass is 10.2. The van der Waals surface area contributed by atoms with Gasteiger partial charge in [-0.25, -0.2) is 13.2 Å². The van der Waals surface area contributed by atoms with Crippen LogP contribution in [0.15, 0.2) is 47.4 Å². The maximum atomic E-state index is 13.0. The van der Waals surface area contributed by atoms with Crippen molar-refractivity contribution in [2.24, 2.45) is 0 Å². The first-order chi connectivity index (χ1) is 11.1. The van der Waals surface area contributed by atoms with Crippen LogP contribution in [0.2, 0.25) is 15.1 Å². The monoisotopic (exact) mass is 407 g/mol. The summed E-state index contributed by atoms with van der Waals surface area (Å²) in [6, 6.07) is 8.16. The zero-order chi connectivity index (χ0) is 18.1. The molecule has 0 saturated heterocycles. The molecule has 5 nitrogen and oxygen atoms in total. The molecule has 2 rings (SSSR count). The summed E-state index contributed by atoms with van der Waals surface area (Å²) in [4.78, 5) is 11.3. The van der Waals surface area contributed by atoms with E-state index in [9.17, 15) is 18.3 Å². The van der Waals surface area contributed by atoms with Crippen LogP contribution in [0.5, 0.6) is 0 Å². The topological polar surface area (TPSA) is 74.7 Å². The minimum atomic E-state index is -4.20. The summed E-state index contributed by atoms with van der Waals surface area (Å²) in [5.41, 5.74) is -0.0194. The van der Waals surface area contributed by atoms with E-state index in [-0.39, 0.29) is 20.6 Å². The normalized spacial score (nSPS) is 12.7. The van der Waals surface area contributed by atoms with Gasteiger partial charge >= 0.3 is 5.97 Å². The van der Waals surface area contributed by atoms with E-state index in [0.717, 1.165) is 4.31 Å². The molecule has 0 aromatic heterocycles. The number of aliphatic carboxylic acids is 1. The quantitative estimate of drug-likeness (QED) is 0.799. The average Bonchev–Trinajstić information content (AvgIpc) is 2.51. The number of carbonyl (C=O) groups is 1. The van der Waals surface area contributed by atoms with Gasteiger partial charge in [0.2, 0.25) is 0 Å². The van der Waals surface area contributed by atoms with Crippen molar-refractivity contribution in [2.45, 2.75) is 17.9 Å². The first kappa shape index (κ1) is 18.9. The number of hydrogen-bond acceptors (Lipinski definition) is 3. The number of benzene rings is 2. The second-order valence-electron chi connectivity index (χ2n) is 4.86. The molecule has 0 spiro atoms. The second-order valence-corrected chi connectivity index (χ2v) is 7.96. The zero-order valence-corrected chi connectivity index (χ0v) is 15.4. The van der Waals surface area contributed by atoms with Gasteiger partial charge in [-0.3, -0.25) is 4.31 Å². The first-order valence-electron chi connectivity index (χ1n) is 6.62. The van der Waals surface area contributed by atoms with Crippen molar-refractivity contribution < 1.29 is 18.3 Å². The fourth-order valence-electron chi connectivity index (χ4n) is 2.02. The highest BCUT2D eigenvalue weighted by atomic mass is 35.5. The number of sulfonamides is 1. The maximum absolute atomic E-state index is 13.0. The molecule has 0 heterocycles. The smallest absolute Gasteiger partial charge is 0.327 e. The van der Waals surface area contributed by atoms with Crippen molar-refractivity contribution in [2.75, 3.05) is 4.31 Å². The first-order valence-corrected chi connectivity index (χ1v) is 9.20. The van der Waals surface area contributed by atoms with E-state index in [1.54, 1.807) is 0 Å². The van der Waals surface area contributed by atoms with E-state index in [1.165, 1.54) is 49.4 Å². The molecule has 0 amide bonds. The van der Waals surface area contributed by atoms with Crippen LogP contribution in [0, 0.1) is 0 Å². The second kappa shape index (κ2) is 7.19. The number of halogens is 3. The van der Waals surface area contributed by atoms with Gasteiger partial charge in [-0.15, -0.1) is 0 Å². The van der Waals surface area contributed by atoms with E-state index in [2.05, 4.69) is 0 Å². The molecule has 0 aliphatic rings. The molecule has 0 saturated carbocycles. The molecular weight excluding hydrogens is 397 g/mol. The summed E-state index contributed by atoms with van der Waals surface area (Å²) in [7, 11) is -4.20. The Kier molecular flexibility index (Phi) is 5.65. The van der Waals surface area contributed by atoms with E-state index >= 15 is 0 Å². The molecule has 0 radical (unpaired) electrons.